The van der Waals surface area contributed by atoms with Crippen LogP contribution < -0.4 is 15.4 Å². The molecule has 238 valence electrons. The van der Waals surface area contributed by atoms with E-state index in [9.17, 15) is 14.7 Å². The van der Waals surface area contributed by atoms with Crippen molar-refractivity contribution in [2.24, 2.45) is 0 Å². The SMILES string of the molecule is [2H]C([2H])([2H])N1C(=O)[C@H]2CN(C(=O)C=C)CCN2c2c1c(=O)n(-c1c(C(C)C)ncnc1C(C)C)c1nc(-c3c(O)cccc3F)c(Cl)cc21. The van der Waals surface area contributed by atoms with E-state index in [0.29, 0.717) is 16.3 Å². The molecule has 0 spiro atoms. The van der Waals surface area contributed by atoms with E-state index in [4.69, 9.17) is 20.7 Å². The van der Waals surface area contributed by atoms with Gasteiger partial charge in [0.1, 0.15) is 29.6 Å². The second kappa shape index (κ2) is 11.5. The molecule has 0 saturated carbocycles. The number of rotatable bonds is 5. The van der Waals surface area contributed by atoms with E-state index in [-0.39, 0.29) is 70.2 Å². The molecule has 46 heavy (non-hydrogen) atoms. The average molecular weight is 649 g/mol. The zero-order valence-corrected chi connectivity index (χ0v) is 26.3. The molecule has 1 fully saturated rings. The molecule has 6 rings (SSSR count). The smallest absolute Gasteiger partial charge is 0.283 e. The molecule has 2 aliphatic rings. The highest BCUT2D eigenvalue weighted by atomic mass is 35.5. The van der Waals surface area contributed by atoms with Crippen molar-refractivity contribution < 1.29 is 23.2 Å². The molecule has 0 aliphatic carbocycles. The molecule has 1 saturated heterocycles. The summed E-state index contributed by atoms with van der Waals surface area (Å²) in [6.07, 6.45) is 2.48. The van der Waals surface area contributed by atoms with Gasteiger partial charge in [-0.25, -0.2) is 19.3 Å². The van der Waals surface area contributed by atoms with Gasteiger partial charge in [0, 0.05) is 29.6 Å². The number of fused-ring (bicyclic) bond motifs is 5. The van der Waals surface area contributed by atoms with Gasteiger partial charge < -0.3 is 19.8 Å². The summed E-state index contributed by atoms with van der Waals surface area (Å²) in [5.74, 6) is -3.15. The van der Waals surface area contributed by atoms with Gasteiger partial charge in [-0.05, 0) is 36.1 Å². The summed E-state index contributed by atoms with van der Waals surface area (Å²) < 4.78 is 41.8. The first-order valence-electron chi connectivity index (χ1n) is 16.2. The van der Waals surface area contributed by atoms with Crippen molar-refractivity contribution in [1.29, 1.82) is 0 Å². The van der Waals surface area contributed by atoms with Crippen LogP contribution >= 0.6 is 11.6 Å². The van der Waals surface area contributed by atoms with Crippen molar-refractivity contribution in [3.63, 3.8) is 0 Å². The van der Waals surface area contributed by atoms with Gasteiger partial charge >= 0.3 is 0 Å². The van der Waals surface area contributed by atoms with Crippen LogP contribution in [-0.2, 0) is 9.59 Å². The topological polar surface area (TPSA) is 125 Å². The van der Waals surface area contributed by atoms with Crippen LogP contribution in [0.2, 0.25) is 5.02 Å². The number of carbonyl (C=O) groups is 2. The molecule has 1 atom stereocenters. The maximum Gasteiger partial charge on any atom is 0.283 e. The zero-order chi connectivity index (χ0) is 35.7. The monoisotopic (exact) mass is 648 g/mol. The minimum atomic E-state index is -3.13. The number of anilines is 2. The molecular weight excluding hydrogens is 613 g/mol. The van der Waals surface area contributed by atoms with E-state index in [2.05, 4.69) is 16.5 Å². The van der Waals surface area contributed by atoms with Gasteiger partial charge in [0.2, 0.25) is 5.91 Å². The molecule has 0 unspecified atom stereocenters. The van der Waals surface area contributed by atoms with Crippen molar-refractivity contribution >= 4 is 45.8 Å². The number of phenolic OH excluding ortho intramolecular Hbond substituents is 1. The molecular formula is C33H33ClFN7O4. The molecule has 11 nitrogen and oxygen atoms in total. The summed E-state index contributed by atoms with van der Waals surface area (Å²) in [6, 6.07) is 3.95. The van der Waals surface area contributed by atoms with Gasteiger partial charge in [0.05, 0.1) is 45.6 Å². The second-order valence-corrected chi connectivity index (χ2v) is 12.2. The Morgan fingerprint density at radius 3 is 2.43 bits per heavy atom. The number of nitrogens with zero attached hydrogens (tertiary/aromatic N) is 7. The number of hydrogen-bond donors (Lipinski definition) is 1. The Labute approximate surface area is 273 Å². The highest BCUT2D eigenvalue weighted by Crippen LogP contribution is 2.44. The van der Waals surface area contributed by atoms with E-state index in [0.717, 1.165) is 12.1 Å². The zero-order valence-electron chi connectivity index (χ0n) is 28.6. The predicted octanol–water partition coefficient (Wildman–Crippen LogP) is 4.77. The molecule has 4 aromatic rings. The number of hydrogen-bond acceptors (Lipinski definition) is 8. The lowest BCUT2D eigenvalue weighted by molar-refractivity contribution is -0.128. The highest BCUT2D eigenvalue weighted by molar-refractivity contribution is 6.34. The van der Waals surface area contributed by atoms with Crippen LogP contribution in [0.15, 0.2) is 48.0 Å². The van der Waals surface area contributed by atoms with E-state index in [1.165, 1.54) is 34.0 Å². The van der Waals surface area contributed by atoms with Crippen molar-refractivity contribution in [3.05, 3.63) is 75.8 Å². The van der Waals surface area contributed by atoms with Crippen LogP contribution in [0.1, 0.15) is 55.0 Å². The fourth-order valence-corrected chi connectivity index (χ4v) is 6.45. The standard InChI is InChI=1S/C33H33ClFN7O4/c1-7-23(44)40-11-12-41-21(14-40)32(45)39(6)30-28(41)18-13-19(34)27(24-20(35)9-8-10-22(24)43)38-31(18)42(33(30)46)29-25(16(2)3)36-15-37-26(29)17(4)5/h7-10,13,15-17,21,43H,1,11-12,14H2,2-6H3/t21-/m1/s1/i6D3. The van der Waals surface area contributed by atoms with E-state index < -0.39 is 47.6 Å². The lowest BCUT2D eigenvalue weighted by Crippen LogP contribution is -2.63. The lowest BCUT2D eigenvalue weighted by atomic mass is 9.99. The summed E-state index contributed by atoms with van der Waals surface area (Å²) in [4.78, 5) is 59.1. The van der Waals surface area contributed by atoms with Gasteiger partial charge in [-0.1, -0.05) is 51.9 Å². The molecule has 0 radical (unpaired) electrons. The Hall–Kier alpha value is -4.84. The maximum atomic E-state index is 15.3. The number of phenols is 1. The summed E-state index contributed by atoms with van der Waals surface area (Å²) in [5, 5.41) is 10.8. The first-order valence-corrected chi connectivity index (χ1v) is 15.1. The van der Waals surface area contributed by atoms with Crippen molar-refractivity contribution in [3.8, 4) is 22.7 Å². The van der Waals surface area contributed by atoms with Crippen LogP contribution in [0.25, 0.3) is 28.0 Å². The number of likely N-dealkylation sites (N-methyl/N-ethyl adjacent to an activating group) is 1. The first-order chi connectivity index (χ1) is 23.1. The van der Waals surface area contributed by atoms with Crippen molar-refractivity contribution in [2.45, 2.75) is 45.6 Å². The number of aromatic hydroxyl groups is 1. The summed E-state index contributed by atoms with van der Waals surface area (Å²) >= 11 is 6.81. The number of aromatic nitrogens is 4. The van der Waals surface area contributed by atoms with E-state index >= 15 is 9.18 Å². The Kier molecular flexibility index (Phi) is 6.87. The Bertz CT molecular complexity index is 2070. The maximum absolute atomic E-state index is 15.3. The predicted molar refractivity (Wildman–Crippen MR) is 174 cm³/mol. The van der Waals surface area contributed by atoms with E-state index in [1.807, 2.05) is 27.7 Å². The third-order valence-corrected chi connectivity index (χ3v) is 8.65. The van der Waals surface area contributed by atoms with Crippen LogP contribution in [0.3, 0.4) is 0 Å². The molecule has 2 amide bonds. The second-order valence-electron chi connectivity index (χ2n) is 11.8. The third-order valence-electron chi connectivity index (χ3n) is 8.36. The largest absolute Gasteiger partial charge is 0.507 e. The van der Waals surface area contributed by atoms with Gasteiger partial charge in [-0.15, -0.1) is 0 Å². The molecule has 0 bridgehead atoms. The van der Waals surface area contributed by atoms with Crippen LogP contribution in [0, 0.1) is 5.82 Å². The Balaban J connectivity index is 1.83. The molecule has 5 heterocycles. The minimum Gasteiger partial charge on any atom is -0.507 e. The number of benzene rings is 1. The summed E-state index contributed by atoms with van der Waals surface area (Å²) in [5.41, 5.74) is -0.732. The molecule has 1 N–H and O–H groups in total. The average Bonchev–Trinajstić information content (AvgIpc) is 3.04. The fraction of sp³-hybridized carbons (Fsp3) is 0.333. The van der Waals surface area contributed by atoms with Crippen molar-refractivity contribution in [1.82, 2.24) is 24.4 Å². The van der Waals surface area contributed by atoms with E-state index in [1.54, 1.807) is 4.90 Å². The van der Waals surface area contributed by atoms with Gasteiger partial charge in [-0.3, -0.25) is 19.0 Å². The van der Waals surface area contributed by atoms with Gasteiger partial charge in [0.25, 0.3) is 11.5 Å². The van der Waals surface area contributed by atoms with Crippen LogP contribution in [0.5, 0.6) is 5.75 Å². The summed E-state index contributed by atoms with van der Waals surface area (Å²) in [6.45, 7) is 7.85. The van der Waals surface area contributed by atoms with Gasteiger partial charge in [-0.2, -0.15) is 0 Å². The van der Waals surface area contributed by atoms with Crippen LogP contribution in [-0.4, -0.2) is 74.0 Å². The number of carbonyl (C=O) groups excluding carboxylic acids is 2. The number of piperazine rings is 1. The molecule has 2 aliphatic heterocycles. The molecule has 1 aromatic carbocycles. The van der Waals surface area contributed by atoms with Gasteiger partial charge in [0.15, 0.2) is 5.65 Å². The first kappa shape index (κ1) is 27.5. The Morgan fingerprint density at radius 1 is 1.13 bits per heavy atom. The summed E-state index contributed by atoms with van der Waals surface area (Å²) in [7, 11) is 0. The van der Waals surface area contributed by atoms with Crippen molar-refractivity contribution in [2.75, 3.05) is 36.4 Å². The Morgan fingerprint density at radius 2 is 1.83 bits per heavy atom. The minimum absolute atomic E-state index is 0.0484. The molecule has 13 heteroatoms. The molecule has 3 aromatic heterocycles. The number of amides is 2. The normalized spacial score (nSPS) is 17.6. The fourth-order valence-electron chi connectivity index (χ4n) is 6.21. The number of pyridine rings is 2. The lowest BCUT2D eigenvalue weighted by Gasteiger charge is -2.47. The van der Waals surface area contributed by atoms with Crippen LogP contribution in [0.4, 0.5) is 15.8 Å². The quantitative estimate of drug-likeness (QED) is 0.307. The highest BCUT2D eigenvalue weighted by Gasteiger charge is 2.44. The third kappa shape index (κ3) is 4.70. The number of halogens is 2.